The van der Waals surface area contributed by atoms with Crippen LogP contribution in [0, 0.1) is 0 Å². The van der Waals surface area contributed by atoms with Crippen LogP contribution in [0.3, 0.4) is 0 Å². The van der Waals surface area contributed by atoms with E-state index in [4.69, 9.17) is 0 Å². The zero-order valence-corrected chi connectivity index (χ0v) is 13.0. The summed E-state index contributed by atoms with van der Waals surface area (Å²) in [7, 11) is 0. The van der Waals surface area contributed by atoms with Crippen LogP contribution in [-0.4, -0.2) is 17.6 Å². The number of para-hydroxylation sites is 1. The summed E-state index contributed by atoms with van der Waals surface area (Å²) in [6.07, 6.45) is 0. The summed E-state index contributed by atoms with van der Waals surface area (Å²) in [5, 5.41) is 5.19. The van der Waals surface area contributed by atoms with Gasteiger partial charge >= 0.3 is 0 Å². The third-order valence-electron chi connectivity index (χ3n) is 2.80. The van der Waals surface area contributed by atoms with Crippen molar-refractivity contribution >= 4 is 35.0 Å². The first-order valence-corrected chi connectivity index (χ1v) is 7.56. The summed E-state index contributed by atoms with van der Waals surface area (Å²) in [6.45, 7) is 1.37. The molecular weight excluding hydrogens is 322 g/mol. The van der Waals surface area contributed by atoms with Crippen molar-refractivity contribution in [2.75, 3.05) is 10.6 Å². The third-order valence-corrected chi connectivity index (χ3v) is 3.58. The first kappa shape index (κ1) is 17.0. The van der Waals surface area contributed by atoms with Crippen molar-refractivity contribution in [3.05, 3.63) is 54.1 Å². The smallest absolute Gasteiger partial charge is 0.288 e. The molecule has 0 unspecified atom stereocenters. The summed E-state index contributed by atoms with van der Waals surface area (Å²) in [6, 6.07) is 12.7. The Morgan fingerprint density at radius 2 is 1.78 bits per heavy atom. The molecule has 0 radical (unpaired) electrons. The second-order valence-electron chi connectivity index (χ2n) is 4.59. The van der Waals surface area contributed by atoms with E-state index in [-0.39, 0.29) is 10.8 Å². The van der Waals surface area contributed by atoms with E-state index in [1.807, 2.05) is 0 Å². The van der Waals surface area contributed by atoms with Crippen molar-refractivity contribution in [1.29, 1.82) is 0 Å². The highest BCUT2D eigenvalue weighted by atomic mass is 32.2. The zero-order chi connectivity index (χ0) is 16.8. The fourth-order valence-electron chi connectivity index (χ4n) is 1.90. The number of alkyl halides is 2. The van der Waals surface area contributed by atoms with Crippen LogP contribution in [0.4, 0.5) is 20.2 Å². The molecule has 0 bridgehead atoms. The molecule has 0 aliphatic heterocycles. The van der Waals surface area contributed by atoms with Gasteiger partial charge in [0, 0.05) is 23.1 Å². The Bertz CT molecular complexity index is 723. The van der Waals surface area contributed by atoms with E-state index >= 15 is 0 Å². The highest BCUT2D eigenvalue weighted by Crippen LogP contribution is 2.31. The molecule has 0 aliphatic rings. The molecule has 2 aromatic rings. The fourth-order valence-corrected chi connectivity index (χ4v) is 2.50. The SMILES string of the molecule is CC(=O)Nc1cccc(C(=O)Nc2ccccc2SC(F)F)c1. The van der Waals surface area contributed by atoms with Crippen LogP contribution in [-0.2, 0) is 4.79 Å². The van der Waals surface area contributed by atoms with Gasteiger partial charge in [0.2, 0.25) is 5.91 Å². The van der Waals surface area contributed by atoms with Gasteiger partial charge in [-0.25, -0.2) is 0 Å². The summed E-state index contributed by atoms with van der Waals surface area (Å²) in [5.74, 6) is -3.27. The van der Waals surface area contributed by atoms with Crippen LogP contribution < -0.4 is 10.6 Å². The molecule has 0 aliphatic carbocycles. The van der Waals surface area contributed by atoms with Gasteiger partial charge in [-0.05, 0) is 30.3 Å². The molecule has 120 valence electrons. The van der Waals surface area contributed by atoms with E-state index in [1.54, 1.807) is 36.4 Å². The Balaban J connectivity index is 2.18. The van der Waals surface area contributed by atoms with E-state index in [0.717, 1.165) is 0 Å². The van der Waals surface area contributed by atoms with E-state index in [2.05, 4.69) is 10.6 Å². The minimum Gasteiger partial charge on any atom is -0.326 e. The third kappa shape index (κ3) is 5.07. The maximum atomic E-state index is 12.5. The highest BCUT2D eigenvalue weighted by molar-refractivity contribution is 7.99. The Morgan fingerprint density at radius 1 is 1.04 bits per heavy atom. The summed E-state index contributed by atoms with van der Waals surface area (Å²) >= 11 is 0.369. The molecule has 4 nitrogen and oxygen atoms in total. The normalized spacial score (nSPS) is 10.4. The highest BCUT2D eigenvalue weighted by Gasteiger charge is 2.13. The molecule has 0 fully saturated rings. The zero-order valence-electron chi connectivity index (χ0n) is 12.2. The number of anilines is 2. The number of hydrogen-bond acceptors (Lipinski definition) is 3. The van der Waals surface area contributed by atoms with Gasteiger partial charge in [0.15, 0.2) is 0 Å². The molecule has 2 rings (SSSR count). The van der Waals surface area contributed by atoms with E-state index in [1.165, 1.54) is 19.1 Å². The molecule has 0 aromatic heterocycles. The first-order chi connectivity index (χ1) is 11.0. The second kappa shape index (κ2) is 7.73. The van der Waals surface area contributed by atoms with Crippen LogP contribution >= 0.6 is 11.8 Å². The van der Waals surface area contributed by atoms with Gasteiger partial charge in [-0.15, -0.1) is 0 Å². The average Bonchev–Trinajstić information content (AvgIpc) is 2.48. The van der Waals surface area contributed by atoms with Gasteiger partial charge in [0.05, 0.1) is 5.69 Å². The molecule has 0 spiro atoms. The number of thioether (sulfide) groups is 1. The Morgan fingerprint density at radius 3 is 2.48 bits per heavy atom. The van der Waals surface area contributed by atoms with Crippen molar-refractivity contribution in [1.82, 2.24) is 0 Å². The average molecular weight is 336 g/mol. The molecule has 23 heavy (non-hydrogen) atoms. The summed E-state index contributed by atoms with van der Waals surface area (Å²) in [4.78, 5) is 23.6. The van der Waals surface area contributed by atoms with Crippen LogP contribution in [0.1, 0.15) is 17.3 Å². The molecule has 0 saturated carbocycles. The summed E-state index contributed by atoms with van der Waals surface area (Å²) < 4.78 is 25.1. The quantitative estimate of drug-likeness (QED) is 0.804. The topological polar surface area (TPSA) is 58.2 Å². The summed E-state index contributed by atoms with van der Waals surface area (Å²) in [5.41, 5.74) is 1.11. The lowest BCUT2D eigenvalue weighted by Gasteiger charge is -2.11. The lowest BCUT2D eigenvalue weighted by molar-refractivity contribution is -0.114. The number of halogens is 2. The maximum absolute atomic E-state index is 12.5. The molecule has 2 amide bonds. The Labute approximate surface area is 136 Å². The molecule has 0 heterocycles. The fraction of sp³-hybridized carbons (Fsp3) is 0.125. The number of carbonyl (C=O) groups is 2. The molecule has 0 saturated heterocycles. The van der Waals surface area contributed by atoms with Crippen molar-refractivity contribution in [2.45, 2.75) is 17.6 Å². The Hall–Kier alpha value is -2.41. The predicted octanol–water partition coefficient (Wildman–Crippen LogP) is 4.21. The van der Waals surface area contributed by atoms with Crippen molar-refractivity contribution in [3.8, 4) is 0 Å². The monoisotopic (exact) mass is 336 g/mol. The Kier molecular flexibility index (Phi) is 5.70. The van der Waals surface area contributed by atoms with Crippen molar-refractivity contribution < 1.29 is 18.4 Å². The van der Waals surface area contributed by atoms with E-state index < -0.39 is 11.7 Å². The lowest BCUT2D eigenvalue weighted by Crippen LogP contribution is -2.13. The minimum absolute atomic E-state index is 0.249. The van der Waals surface area contributed by atoms with Gasteiger partial charge < -0.3 is 10.6 Å². The first-order valence-electron chi connectivity index (χ1n) is 6.68. The van der Waals surface area contributed by atoms with Crippen molar-refractivity contribution in [2.24, 2.45) is 0 Å². The van der Waals surface area contributed by atoms with Gasteiger partial charge in [0.25, 0.3) is 11.7 Å². The largest absolute Gasteiger partial charge is 0.326 e. The number of carbonyl (C=O) groups excluding carboxylic acids is 2. The van der Waals surface area contributed by atoms with E-state index in [0.29, 0.717) is 28.7 Å². The molecule has 0 atom stereocenters. The number of amides is 2. The van der Waals surface area contributed by atoms with Crippen LogP contribution in [0.15, 0.2) is 53.4 Å². The number of nitrogens with one attached hydrogen (secondary N) is 2. The molecule has 7 heteroatoms. The second-order valence-corrected chi connectivity index (χ2v) is 5.62. The lowest BCUT2D eigenvalue weighted by atomic mass is 10.2. The van der Waals surface area contributed by atoms with Gasteiger partial charge in [-0.3, -0.25) is 9.59 Å². The molecule has 2 N–H and O–H groups in total. The van der Waals surface area contributed by atoms with Crippen LogP contribution in [0.25, 0.3) is 0 Å². The van der Waals surface area contributed by atoms with Gasteiger partial charge in [0.1, 0.15) is 0 Å². The minimum atomic E-state index is -2.57. The number of rotatable bonds is 5. The van der Waals surface area contributed by atoms with Crippen molar-refractivity contribution in [3.63, 3.8) is 0 Å². The maximum Gasteiger partial charge on any atom is 0.288 e. The molecule has 2 aromatic carbocycles. The van der Waals surface area contributed by atoms with Crippen LogP contribution in [0.2, 0.25) is 0 Å². The van der Waals surface area contributed by atoms with Gasteiger partial charge in [-0.1, -0.05) is 30.0 Å². The van der Waals surface area contributed by atoms with Crippen LogP contribution in [0.5, 0.6) is 0 Å². The van der Waals surface area contributed by atoms with E-state index in [9.17, 15) is 18.4 Å². The van der Waals surface area contributed by atoms with Gasteiger partial charge in [-0.2, -0.15) is 8.78 Å². The number of hydrogen-bond donors (Lipinski definition) is 2. The standard InChI is InChI=1S/C16H14F2N2O2S/c1-10(21)19-12-6-4-5-11(9-12)15(22)20-13-7-2-3-8-14(13)23-16(17)18/h2-9,16H,1H3,(H,19,21)(H,20,22). The predicted molar refractivity (Wildman–Crippen MR) is 87.0 cm³/mol. The number of benzene rings is 2. The molecular formula is C16H14F2N2O2S.